The molecule has 2 aliphatic rings. The molecule has 6 nitrogen and oxygen atoms in total. The van der Waals surface area contributed by atoms with Gasteiger partial charge in [-0.05, 0) is 55.7 Å². The van der Waals surface area contributed by atoms with Gasteiger partial charge in [-0.2, -0.15) is 0 Å². The number of nitrogens with one attached hydrogen (secondary N) is 1. The van der Waals surface area contributed by atoms with Gasteiger partial charge in [0.2, 0.25) is 10.0 Å². The molecule has 0 bridgehead atoms. The lowest BCUT2D eigenvalue weighted by Gasteiger charge is -2.42. The van der Waals surface area contributed by atoms with Crippen LogP contribution in [0.1, 0.15) is 38.2 Å². The average molecular weight is 366 g/mol. The van der Waals surface area contributed by atoms with E-state index in [9.17, 15) is 13.2 Å². The van der Waals surface area contributed by atoms with Crippen LogP contribution in [-0.4, -0.2) is 49.6 Å². The molecular formula is C18H26N2O4S. The van der Waals surface area contributed by atoms with E-state index in [0.717, 1.165) is 18.5 Å². The summed E-state index contributed by atoms with van der Waals surface area (Å²) in [5, 5.41) is 9.08. The lowest BCUT2D eigenvalue weighted by Crippen LogP contribution is -2.55. The van der Waals surface area contributed by atoms with Gasteiger partial charge in [0.15, 0.2) is 0 Å². The third kappa shape index (κ3) is 4.80. The van der Waals surface area contributed by atoms with E-state index < -0.39 is 16.0 Å². The zero-order valence-electron chi connectivity index (χ0n) is 14.5. The molecule has 0 spiro atoms. The summed E-state index contributed by atoms with van der Waals surface area (Å²) in [5.74, 6) is -0.201. The van der Waals surface area contributed by atoms with E-state index in [0.29, 0.717) is 18.8 Å². The van der Waals surface area contributed by atoms with Crippen LogP contribution in [0, 0.1) is 5.92 Å². The molecule has 0 radical (unpaired) electrons. The first-order chi connectivity index (χ1) is 11.9. The number of aliphatic carboxylic acids is 1. The molecule has 3 rings (SSSR count). The molecule has 0 saturated heterocycles. The van der Waals surface area contributed by atoms with Crippen LogP contribution in [0.3, 0.4) is 0 Å². The molecule has 2 fully saturated rings. The Hall–Kier alpha value is -1.44. The monoisotopic (exact) mass is 366 g/mol. The maximum atomic E-state index is 12.5. The Balaban J connectivity index is 1.54. The third-order valence-corrected chi connectivity index (χ3v) is 6.66. The van der Waals surface area contributed by atoms with E-state index in [1.165, 1.54) is 12.8 Å². The highest BCUT2D eigenvalue weighted by Gasteiger charge is 2.38. The van der Waals surface area contributed by atoms with Crippen molar-refractivity contribution < 1.29 is 18.3 Å². The van der Waals surface area contributed by atoms with Crippen molar-refractivity contribution in [3.63, 3.8) is 0 Å². The normalized spacial score (nSPS) is 23.4. The topological polar surface area (TPSA) is 86.7 Å². The van der Waals surface area contributed by atoms with Gasteiger partial charge in [-0.25, -0.2) is 13.1 Å². The molecule has 138 valence electrons. The Labute approximate surface area is 149 Å². The number of sulfonamides is 1. The van der Waals surface area contributed by atoms with Crippen LogP contribution in [0.15, 0.2) is 29.2 Å². The van der Waals surface area contributed by atoms with Gasteiger partial charge in [0.05, 0.1) is 11.4 Å². The molecule has 0 aliphatic heterocycles. The minimum absolute atomic E-state index is 0.0408. The zero-order valence-corrected chi connectivity index (χ0v) is 15.3. The van der Waals surface area contributed by atoms with Crippen LogP contribution >= 0.6 is 0 Å². The molecule has 25 heavy (non-hydrogen) atoms. The summed E-state index contributed by atoms with van der Waals surface area (Å²) in [7, 11) is -3.51. The standard InChI is InChI=1S/C18H26N2O4S/c1-2-13-5-7-17(8-6-13)25(23,24)19-15-9-16(10-15)20(12-18(21)22)11-14-3-4-14/h5-8,14-16,19H,2-4,9-12H2,1H3,(H,21,22). The number of hydrogen-bond donors (Lipinski definition) is 2. The van der Waals surface area contributed by atoms with E-state index >= 15 is 0 Å². The average Bonchev–Trinajstić information content (AvgIpc) is 3.33. The van der Waals surface area contributed by atoms with E-state index in [2.05, 4.69) is 4.72 Å². The highest BCUT2D eigenvalue weighted by Crippen LogP contribution is 2.34. The number of hydrogen-bond acceptors (Lipinski definition) is 4. The smallest absolute Gasteiger partial charge is 0.317 e. The maximum absolute atomic E-state index is 12.5. The Morgan fingerprint density at radius 3 is 2.40 bits per heavy atom. The first kappa shape index (κ1) is 18.4. The van der Waals surface area contributed by atoms with Crippen molar-refractivity contribution in [1.82, 2.24) is 9.62 Å². The van der Waals surface area contributed by atoms with Gasteiger partial charge in [-0.15, -0.1) is 0 Å². The van der Waals surface area contributed by atoms with Crippen LogP contribution in [0.25, 0.3) is 0 Å². The first-order valence-electron chi connectivity index (χ1n) is 8.94. The van der Waals surface area contributed by atoms with Crippen molar-refractivity contribution >= 4 is 16.0 Å². The van der Waals surface area contributed by atoms with E-state index in [4.69, 9.17) is 5.11 Å². The second-order valence-electron chi connectivity index (χ2n) is 7.21. The zero-order chi connectivity index (χ0) is 18.0. The van der Waals surface area contributed by atoms with Crippen LogP contribution in [0.5, 0.6) is 0 Å². The Bertz CT molecular complexity index is 707. The molecule has 1 aromatic rings. The van der Waals surface area contributed by atoms with Crippen molar-refractivity contribution in [1.29, 1.82) is 0 Å². The van der Waals surface area contributed by atoms with Crippen molar-refractivity contribution in [2.45, 2.75) is 56.0 Å². The van der Waals surface area contributed by atoms with Gasteiger partial charge in [-0.1, -0.05) is 19.1 Å². The maximum Gasteiger partial charge on any atom is 0.317 e. The number of nitrogens with zero attached hydrogens (tertiary/aromatic N) is 1. The molecule has 0 heterocycles. The fourth-order valence-corrected chi connectivity index (χ4v) is 4.58. The van der Waals surface area contributed by atoms with E-state index in [1.54, 1.807) is 12.1 Å². The number of carbonyl (C=O) groups is 1. The molecule has 2 saturated carbocycles. The fraction of sp³-hybridized carbons (Fsp3) is 0.611. The number of carboxylic acids is 1. The van der Waals surface area contributed by atoms with Crippen LogP contribution in [0.2, 0.25) is 0 Å². The number of benzene rings is 1. The fourth-order valence-electron chi connectivity index (χ4n) is 3.32. The van der Waals surface area contributed by atoms with Gasteiger partial charge < -0.3 is 5.11 Å². The Morgan fingerprint density at radius 2 is 1.88 bits per heavy atom. The highest BCUT2D eigenvalue weighted by molar-refractivity contribution is 7.89. The molecule has 1 aromatic carbocycles. The molecule has 7 heteroatoms. The first-order valence-corrected chi connectivity index (χ1v) is 10.4. The highest BCUT2D eigenvalue weighted by atomic mass is 32.2. The number of aryl methyl sites for hydroxylation is 1. The van der Waals surface area contributed by atoms with Crippen LogP contribution in [0.4, 0.5) is 0 Å². The molecule has 0 unspecified atom stereocenters. The molecule has 2 aliphatic carbocycles. The molecule has 0 aromatic heterocycles. The van der Waals surface area contributed by atoms with Crippen molar-refractivity contribution in [2.24, 2.45) is 5.92 Å². The summed E-state index contributed by atoms with van der Waals surface area (Å²) in [5.41, 5.74) is 1.10. The third-order valence-electron chi connectivity index (χ3n) is 5.12. The van der Waals surface area contributed by atoms with Crippen molar-refractivity contribution in [2.75, 3.05) is 13.1 Å². The summed E-state index contributed by atoms with van der Waals surface area (Å²) in [6.07, 6.45) is 4.57. The van der Waals surface area contributed by atoms with Crippen molar-refractivity contribution in [3.8, 4) is 0 Å². The summed E-state index contributed by atoms with van der Waals surface area (Å²) < 4.78 is 27.7. The summed E-state index contributed by atoms with van der Waals surface area (Å²) in [4.78, 5) is 13.3. The molecule has 0 atom stereocenters. The second kappa shape index (κ2) is 7.43. The summed E-state index contributed by atoms with van der Waals surface area (Å²) >= 11 is 0. The van der Waals surface area contributed by atoms with Crippen molar-refractivity contribution in [3.05, 3.63) is 29.8 Å². The number of carboxylic acid groups (broad SMARTS) is 1. The SMILES string of the molecule is CCc1ccc(S(=O)(=O)NC2CC(N(CC(=O)O)CC3CC3)C2)cc1. The molecule has 0 amide bonds. The molecular weight excluding hydrogens is 340 g/mol. The van der Waals surface area contributed by atoms with E-state index in [1.807, 2.05) is 24.0 Å². The molecule has 2 N–H and O–H groups in total. The predicted octanol–water partition coefficient (Wildman–Crippen LogP) is 1.85. The second-order valence-corrected chi connectivity index (χ2v) is 8.92. The van der Waals surface area contributed by atoms with Gasteiger partial charge in [0.1, 0.15) is 0 Å². The van der Waals surface area contributed by atoms with Gasteiger partial charge in [0.25, 0.3) is 0 Å². The van der Waals surface area contributed by atoms with E-state index in [-0.39, 0.29) is 23.5 Å². The predicted molar refractivity (Wildman–Crippen MR) is 94.9 cm³/mol. The lowest BCUT2D eigenvalue weighted by atomic mass is 9.86. The lowest BCUT2D eigenvalue weighted by molar-refractivity contribution is -0.139. The van der Waals surface area contributed by atoms with Crippen LogP contribution < -0.4 is 4.72 Å². The van der Waals surface area contributed by atoms with Crippen LogP contribution in [-0.2, 0) is 21.2 Å². The Morgan fingerprint density at radius 1 is 1.24 bits per heavy atom. The Kier molecular flexibility index (Phi) is 5.46. The minimum Gasteiger partial charge on any atom is -0.480 e. The van der Waals surface area contributed by atoms with Gasteiger partial charge in [-0.3, -0.25) is 9.69 Å². The summed E-state index contributed by atoms with van der Waals surface area (Å²) in [6.45, 7) is 2.88. The van der Waals surface area contributed by atoms with Gasteiger partial charge >= 0.3 is 5.97 Å². The summed E-state index contributed by atoms with van der Waals surface area (Å²) in [6, 6.07) is 7.00. The van der Waals surface area contributed by atoms with Gasteiger partial charge in [0, 0.05) is 18.6 Å². The number of rotatable bonds is 9. The largest absolute Gasteiger partial charge is 0.480 e. The minimum atomic E-state index is -3.51. The quantitative estimate of drug-likeness (QED) is 0.697.